The van der Waals surface area contributed by atoms with E-state index in [1.165, 1.54) is 12.8 Å². The average Bonchev–Trinajstić information content (AvgIpc) is 3.23. The molecule has 0 saturated heterocycles. The molecule has 0 radical (unpaired) electrons. The van der Waals surface area contributed by atoms with Crippen molar-refractivity contribution in [3.8, 4) is 11.8 Å². The van der Waals surface area contributed by atoms with E-state index in [1.807, 2.05) is 12.1 Å². The van der Waals surface area contributed by atoms with Crippen molar-refractivity contribution in [1.29, 1.82) is 0 Å². The van der Waals surface area contributed by atoms with Gasteiger partial charge in [0.15, 0.2) is 0 Å². The number of aliphatic hydroxyl groups excluding tert-OH is 1. The monoisotopic (exact) mass is 259 g/mol. The third kappa shape index (κ3) is 5.39. The Bertz CT molecular complexity index is 434. The Kier molecular flexibility index (Phi) is 5.34. The Morgan fingerprint density at radius 1 is 1.53 bits per heavy atom. The molecule has 4 nitrogen and oxygen atoms in total. The number of aromatic nitrogens is 1. The van der Waals surface area contributed by atoms with Crippen LogP contribution in [0.5, 0.6) is 0 Å². The highest BCUT2D eigenvalue weighted by Crippen LogP contribution is 2.27. The van der Waals surface area contributed by atoms with Crippen molar-refractivity contribution in [2.24, 2.45) is 11.7 Å². The smallest absolute Gasteiger partial charge is 0.0818 e. The SMILES string of the molecule is NC(Cc1cccnc1)C(O)CNCC#CC1CC1. The molecule has 1 aromatic rings. The van der Waals surface area contributed by atoms with Crippen LogP contribution in [0.3, 0.4) is 0 Å². The van der Waals surface area contributed by atoms with E-state index in [1.54, 1.807) is 12.4 Å². The van der Waals surface area contributed by atoms with Crippen LogP contribution in [0.1, 0.15) is 18.4 Å². The highest BCUT2D eigenvalue weighted by Gasteiger charge is 2.17. The molecule has 0 aliphatic heterocycles. The highest BCUT2D eigenvalue weighted by molar-refractivity contribution is 5.11. The predicted octanol–water partition coefficient (Wildman–Crippen LogP) is 0.315. The van der Waals surface area contributed by atoms with E-state index in [4.69, 9.17) is 5.73 Å². The van der Waals surface area contributed by atoms with E-state index in [-0.39, 0.29) is 6.04 Å². The van der Waals surface area contributed by atoms with Crippen LogP contribution in [-0.4, -0.2) is 35.3 Å². The van der Waals surface area contributed by atoms with Gasteiger partial charge in [-0.1, -0.05) is 17.9 Å². The highest BCUT2D eigenvalue weighted by atomic mass is 16.3. The van der Waals surface area contributed by atoms with Gasteiger partial charge < -0.3 is 16.2 Å². The lowest BCUT2D eigenvalue weighted by Crippen LogP contribution is -2.43. The second-order valence-corrected chi connectivity index (χ2v) is 5.02. The lowest BCUT2D eigenvalue weighted by molar-refractivity contribution is 0.143. The fourth-order valence-electron chi connectivity index (χ4n) is 1.78. The molecule has 102 valence electrons. The first-order chi connectivity index (χ1) is 9.25. The minimum atomic E-state index is -0.567. The number of nitrogens with zero attached hydrogens (tertiary/aromatic N) is 1. The van der Waals surface area contributed by atoms with Gasteiger partial charge in [-0.3, -0.25) is 4.98 Å². The summed E-state index contributed by atoms with van der Waals surface area (Å²) in [6.45, 7) is 1.09. The van der Waals surface area contributed by atoms with Gasteiger partial charge >= 0.3 is 0 Å². The second kappa shape index (κ2) is 7.25. The largest absolute Gasteiger partial charge is 0.390 e. The summed E-state index contributed by atoms with van der Waals surface area (Å²) in [6, 6.07) is 3.56. The van der Waals surface area contributed by atoms with Crippen LogP contribution in [-0.2, 0) is 6.42 Å². The van der Waals surface area contributed by atoms with Gasteiger partial charge in [0.25, 0.3) is 0 Å². The zero-order valence-electron chi connectivity index (χ0n) is 11.0. The summed E-state index contributed by atoms with van der Waals surface area (Å²) in [5, 5.41) is 13.1. The molecule has 4 heteroatoms. The van der Waals surface area contributed by atoms with E-state index < -0.39 is 6.10 Å². The van der Waals surface area contributed by atoms with E-state index in [9.17, 15) is 5.11 Å². The molecule has 0 aromatic carbocycles. The molecule has 1 aliphatic rings. The second-order valence-electron chi connectivity index (χ2n) is 5.02. The standard InChI is InChI=1S/C15H21N3O/c16-14(9-13-4-2-7-17-10-13)15(19)11-18-8-1-3-12-5-6-12/h2,4,7,10,12,14-15,18-19H,5-6,8-9,11,16H2. The number of hydrogen-bond acceptors (Lipinski definition) is 4. The Labute approximate surface area is 114 Å². The maximum atomic E-state index is 9.94. The van der Waals surface area contributed by atoms with Gasteiger partial charge in [0.05, 0.1) is 12.6 Å². The minimum Gasteiger partial charge on any atom is -0.390 e. The van der Waals surface area contributed by atoms with Crippen LogP contribution in [0.15, 0.2) is 24.5 Å². The molecular formula is C15H21N3O. The lowest BCUT2D eigenvalue weighted by Gasteiger charge is -2.18. The summed E-state index contributed by atoms with van der Waals surface area (Å²) >= 11 is 0. The Morgan fingerprint density at radius 3 is 3.05 bits per heavy atom. The van der Waals surface area contributed by atoms with Gasteiger partial charge in [-0.15, -0.1) is 0 Å². The van der Waals surface area contributed by atoms with Crippen LogP contribution in [0.2, 0.25) is 0 Å². The van der Waals surface area contributed by atoms with Gasteiger partial charge in [0, 0.05) is 30.9 Å². The maximum Gasteiger partial charge on any atom is 0.0818 e. The molecule has 1 saturated carbocycles. The first-order valence-electron chi connectivity index (χ1n) is 6.77. The van der Waals surface area contributed by atoms with E-state index in [0.29, 0.717) is 25.4 Å². The van der Waals surface area contributed by atoms with Crippen LogP contribution < -0.4 is 11.1 Å². The first-order valence-corrected chi connectivity index (χ1v) is 6.77. The summed E-state index contributed by atoms with van der Waals surface area (Å²) in [5.41, 5.74) is 7.01. The topological polar surface area (TPSA) is 71.2 Å². The molecule has 1 aliphatic carbocycles. The molecule has 1 aromatic heterocycles. The third-order valence-corrected chi connectivity index (χ3v) is 3.14. The zero-order valence-corrected chi connectivity index (χ0v) is 11.0. The van der Waals surface area contributed by atoms with Crippen LogP contribution in [0, 0.1) is 17.8 Å². The van der Waals surface area contributed by atoms with Gasteiger partial charge in [-0.05, 0) is 30.9 Å². The average molecular weight is 259 g/mol. The Morgan fingerprint density at radius 2 is 2.37 bits per heavy atom. The van der Waals surface area contributed by atoms with Crippen molar-refractivity contribution in [2.45, 2.75) is 31.4 Å². The molecule has 2 atom stereocenters. The summed E-state index contributed by atoms with van der Waals surface area (Å²) in [4.78, 5) is 4.03. The maximum absolute atomic E-state index is 9.94. The molecule has 0 amide bonds. The van der Waals surface area contributed by atoms with E-state index >= 15 is 0 Å². The summed E-state index contributed by atoms with van der Waals surface area (Å²) in [6.07, 6.45) is 6.05. The molecular weight excluding hydrogens is 238 g/mol. The van der Waals surface area contributed by atoms with Crippen LogP contribution >= 0.6 is 0 Å². The van der Waals surface area contributed by atoms with E-state index in [2.05, 4.69) is 22.1 Å². The van der Waals surface area contributed by atoms with Crippen molar-refractivity contribution < 1.29 is 5.11 Å². The summed E-state index contributed by atoms with van der Waals surface area (Å²) in [7, 11) is 0. The molecule has 1 heterocycles. The number of hydrogen-bond donors (Lipinski definition) is 3. The normalized spacial score (nSPS) is 17.4. The third-order valence-electron chi connectivity index (χ3n) is 3.14. The van der Waals surface area contributed by atoms with Gasteiger partial charge in [0.2, 0.25) is 0 Å². The molecule has 0 spiro atoms. The number of rotatable bonds is 6. The fraction of sp³-hybridized carbons (Fsp3) is 0.533. The van der Waals surface area contributed by atoms with Crippen molar-refractivity contribution >= 4 is 0 Å². The van der Waals surface area contributed by atoms with Crippen molar-refractivity contribution in [1.82, 2.24) is 10.3 Å². The molecule has 2 rings (SSSR count). The number of nitrogens with two attached hydrogens (primary N) is 1. The van der Waals surface area contributed by atoms with Crippen LogP contribution in [0.25, 0.3) is 0 Å². The zero-order chi connectivity index (χ0) is 13.5. The number of pyridine rings is 1. The van der Waals surface area contributed by atoms with Crippen molar-refractivity contribution in [3.63, 3.8) is 0 Å². The van der Waals surface area contributed by atoms with E-state index in [0.717, 1.165) is 5.56 Å². The summed E-state index contributed by atoms with van der Waals surface area (Å²) < 4.78 is 0. The van der Waals surface area contributed by atoms with Crippen LogP contribution in [0.4, 0.5) is 0 Å². The Balaban J connectivity index is 1.64. The van der Waals surface area contributed by atoms with Crippen molar-refractivity contribution in [2.75, 3.05) is 13.1 Å². The quantitative estimate of drug-likeness (QED) is 0.508. The first kappa shape index (κ1) is 14.0. The number of aliphatic hydroxyl groups is 1. The lowest BCUT2D eigenvalue weighted by atomic mass is 10.0. The number of nitrogens with one attached hydrogen (secondary N) is 1. The summed E-state index contributed by atoms with van der Waals surface area (Å²) in [5.74, 6) is 6.86. The Hall–Kier alpha value is -1.41. The van der Waals surface area contributed by atoms with Gasteiger partial charge in [-0.2, -0.15) is 0 Å². The molecule has 2 unspecified atom stereocenters. The predicted molar refractivity (Wildman–Crippen MR) is 75.3 cm³/mol. The molecule has 1 fully saturated rings. The van der Waals surface area contributed by atoms with Crippen molar-refractivity contribution in [3.05, 3.63) is 30.1 Å². The molecule has 0 bridgehead atoms. The van der Waals surface area contributed by atoms with Gasteiger partial charge in [0.1, 0.15) is 0 Å². The molecule has 19 heavy (non-hydrogen) atoms. The fourth-order valence-corrected chi connectivity index (χ4v) is 1.78. The molecule has 4 N–H and O–H groups in total. The minimum absolute atomic E-state index is 0.284. The van der Waals surface area contributed by atoms with Gasteiger partial charge in [-0.25, -0.2) is 0 Å².